The number of aromatic nitrogens is 3. The summed E-state index contributed by atoms with van der Waals surface area (Å²) in [6.07, 6.45) is 0. The third kappa shape index (κ3) is 4.43. The number of amides is 1. The van der Waals surface area contributed by atoms with Crippen LogP contribution in [0, 0.1) is 6.92 Å². The summed E-state index contributed by atoms with van der Waals surface area (Å²) in [5, 5.41) is 8.02. The molecule has 3 heterocycles. The number of carbonyl (C=O) groups excluding carboxylic acids is 1. The molecule has 0 aliphatic carbocycles. The third-order valence-corrected chi connectivity index (χ3v) is 7.92. The lowest BCUT2D eigenvalue weighted by Crippen LogP contribution is -2.40. The van der Waals surface area contributed by atoms with Gasteiger partial charge in [0.05, 0.1) is 40.4 Å². The largest absolute Gasteiger partial charge is 0.379 e. The molecule has 180 valence electrons. The van der Waals surface area contributed by atoms with Crippen LogP contribution in [0.25, 0.3) is 22.3 Å². The van der Waals surface area contributed by atoms with Gasteiger partial charge in [0.1, 0.15) is 0 Å². The molecule has 1 amide bonds. The van der Waals surface area contributed by atoms with Crippen molar-refractivity contribution in [3.8, 4) is 11.3 Å². The standard InChI is InChI=1S/C25H25N5O4S/c1-17-23-21(16-22(18-6-4-3-5-7-18)27-24(23)29(2)28-17)25(31)26-19-8-10-20(11-9-19)35(32,33)30-12-14-34-15-13-30/h3-11,16H,12-15H2,1-2H3,(H,26,31). The fourth-order valence-electron chi connectivity index (χ4n) is 4.23. The number of pyridine rings is 1. The molecule has 4 aromatic rings. The second-order valence-corrected chi connectivity index (χ2v) is 10.3. The van der Waals surface area contributed by atoms with Crippen molar-refractivity contribution >= 4 is 32.7 Å². The number of aryl methyl sites for hydroxylation is 2. The Labute approximate surface area is 203 Å². The van der Waals surface area contributed by atoms with Gasteiger partial charge in [0.25, 0.3) is 5.91 Å². The van der Waals surface area contributed by atoms with E-state index in [-0.39, 0.29) is 10.8 Å². The maximum Gasteiger partial charge on any atom is 0.256 e. The van der Waals surface area contributed by atoms with Crippen LogP contribution in [0.3, 0.4) is 0 Å². The van der Waals surface area contributed by atoms with E-state index in [1.165, 1.54) is 16.4 Å². The van der Waals surface area contributed by atoms with Gasteiger partial charge in [-0.1, -0.05) is 30.3 Å². The normalized spacial score (nSPS) is 14.8. The number of fused-ring (bicyclic) bond motifs is 1. The first-order valence-corrected chi connectivity index (χ1v) is 12.7. The predicted octanol–water partition coefficient (Wildman–Crippen LogP) is 3.22. The van der Waals surface area contributed by atoms with E-state index in [1.54, 1.807) is 29.9 Å². The van der Waals surface area contributed by atoms with Gasteiger partial charge in [-0.15, -0.1) is 0 Å². The molecule has 2 aromatic heterocycles. The van der Waals surface area contributed by atoms with Crippen LogP contribution >= 0.6 is 0 Å². The lowest BCUT2D eigenvalue weighted by Gasteiger charge is -2.26. The molecule has 1 N–H and O–H groups in total. The van der Waals surface area contributed by atoms with Crippen molar-refractivity contribution < 1.29 is 17.9 Å². The van der Waals surface area contributed by atoms with Crippen molar-refractivity contribution in [2.24, 2.45) is 7.05 Å². The van der Waals surface area contributed by atoms with E-state index in [1.807, 2.05) is 37.3 Å². The number of ether oxygens (including phenoxy) is 1. The summed E-state index contributed by atoms with van der Waals surface area (Å²) in [5.74, 6) is -0.325. The van der Waals surface area contributed by atoms with E-state index >= 15 is 0 Å². The number of carbonyl (C=O) groups is 1. The molecular formula is C25H25N5O4S. The summed E-state index contributed by atoms with van der Waals surface area (Å²) in [5.41, 5.74) is 3.80. The van der Waals surface area contributed by atoms with E-state index in [4.69, 9.17) is 9.72 Å². The molecule has 0 unspecified atom stereocenters. The second kappa shape index (κ2) is 9.21. The molecule has 10 heteroatoms. The molecule has 0 spiro atoms. The lowest BCUT2D eigenvalue weighted by atomic mass is 10.0. The summed E-state index contributed by atoms with van der Waals surface area (Å²) in [4.78, 5) is 18.3. The molecule has 1 aliphatic rings. The van der Waals surface area contributed by atoms with E-state index in [2.05, 4.69) is 10.4 Å². The van der Waals surface area contributed by atoms with Crippen LogP contribution in [0.15, 0.2) is 65.6 Å². The molecule has 2 aromatic carbocycles. The summed E-state index contributed by atoms with van der Waals surface area (Å²) >= 11 is 0. The third-order valence-electron chi connectivity index (χ3n) is 6.00. The van der Waals surface area contributed by atoms with Crippen LogP contribution in [-0.4, -0.2) is 59.7 Å². The zero-order valence-electron chi connectivity index (χ0n) is 19.4. The number of nitrogens with one attached hydrogen (secondary N) is 1. The number of sulfonamides is 1. The Morgan fingerprint density at radius 1 is 1.03 bits per heavy atom. The van der Waals surface area contributed by atoms with Crippen molar-refractivity contribution in [3.63, 3.8) is 0 Å². The SMILES string of the molecule is Cc1nn(C)c2nc(-c3ccccc3)cc(C(=O)Nc3ccc(S(=O)(=O)N4CCOCC4)cc3)c12. The predicted molar refractivity (Wildman–Crippen MR) is 133 cm³/mol. The Morgan fingerprint density at radius 3 is 2.40 bits per heavy atom. The minimum atomic E-state index is -3.61. The number of nitrogens with zero attached hydrogens (tertiary/aromatic N) is 4. The highest BCUT2D eigenvalue weighted by Gasteiger charge is 2.26. The first-order chi connectivity index (χ1) is 16.8. The molecule has 0 bridgehead atoms. The number of hydrogen-bond acceptors (Lipinski definition) is 6. The first kappa shape index (κ1) is 23.2. The number of rotatable bonds is 5. The number of anilines is 1. The average Bonchev–Trinajstić information content (AvgIpc) is 3.18. The van der Waals surface area contributed by atoms with Crippen LogP contribution in [0.4, 0.5) is 5.69 Å². The lowest BCUT2D eigenvalue weighted by molar-refractivity contribution is 0.0730. The van der Waals surface area contributed by atoms with Gasteiger partial charge in [-0.05, 0) is 37.3 Å². The molecule has 9 nitrogen and oxygen atoms in total. The maximum absolute atomic E-state index is 13.4. The van der Waals surface area contributed by atoms with Crippen LogP contribution < -0.4 is 5.32 Å². The van der Waals surface area contributed by atoms with Crippen molar-refractivity contribution in [1.82, 2.24) is 19.1 Å². The summed E-state index contributed by atoms with van der Waals surface area (Å²) in [7, 11) is -1.81. The molecule has 1 saturated heterocycles. The highest BCUT2D eigenvalue weighted by atomic mass is 32.2. The molecular weight excluding hydrogens is 466 g/mol. The summed E-state index contributed by atoms with van der Waals surface area (Å²) < 4.78 is 34.1. The smallest absolute Gasteiger partial charge is 0.256 e. The second-order valence-electron chi connectivity index (χ2n) is 8.32. The van der Waals surface area contributed by atoms with Crippen molar-refractivity contribution in [2.45, 2.75) is 11.8 Å². The highest BCUT2D eigenvalue weighted by molar-refractivity contribution is 7.89. The van der Waals surface area contributed by atoms with Gasteiger partial charge >= 0.3 is 0 Å². The Kier molecular flexibility index (Phi) is 6.10. The van der Waals surface area contributed by atoms with Gasteiger partial charge < -0.3 is 10.1 Å². The zero-order chi connectivity index (χ0) is 24.6. The minimum absolute atomic E-state index is 0.179. The number of morpholine rings is 1. The monoisotopic (exact) mass is 491 g/mol. The Bertz CT molecular complexity index is 1490. The van der Waals surface area contributed by atoms with Crippen molar-refractivity contribution in [2.75, 3.05) is 31.6 Å². The molecule has 1 fully saturated rings. The molecule has 0 saturated carbocycles. The van der Waals surface area contributed by atoms with Gasteiger partial charge in [0.2, 0.25) is 10.0 Å². The zero-order valence-corrected chi connectivity index (χ0v) is 20.2. The van der Waals surface area contributed by atoms with Crippen LogP contribution in [0.2, 0.25) is 0 Å². The topological polar surface area (TPSA) is 106 Å². The van der Waals surface area contributed by atoms with E-state index in [0.717, 1.165) is 5.56 Å². The first-order valence-electron chi connectivity index (χ1n) is 11.2. The van der Waals surface area contributed by atoms with Gasteiger partial charge in [-0.3, -0.25) is 9.48 Å². The fraction of sp³-hybridized carbons (Fsp3) is 0.240. The van der Waals surface area contributed by atoms with Gasteiger partial charge in [-0.25, -0.2) is 13.4 Å². The summed E-state index contributed by atoms with van der Waals surface area (Å²) in [6, 6.07) is 17.6. The number of benzene rings is 2. The quantitative estimate of drug-likeness (QED) is 0.460. The molecule has 0 radical (unpaired) electrons. The van der Waals surface area contributed by atoms with E-state index in [0.29, 0.717) is 60.0 Å². The maximum atomic E-state index is 13.4. The van der Waals surface area contributed by atoms with E-state index in [9.17, 15) is 13.2 Å². The highest BCUT2D eigenvalue weighted by Crippen LogP contribution is 2.28. The Hall–Kier alpha value is -3.60. The van der Waals surface area contributed by atoms with Crippen LogP contribution in [0.5, 0.6) is 0 Å². The molecule has 5 rings (SSSR count). The minimum Gasteiger partial charge on any atom is -0.379 e. The molecule has 0 atom stereocenters. The summed E-state index contributed by atoms with van der Waals surface area (Å²) in [6.45, 7) is 3.26. The Morgan fingerprint density at radius 2 is 1.71 bits per heavy atom. The Balaban J connectivity index is 1.46. The fourth-order valence-corrected chi connectivity index (χ4v) is 5.63. The van der Waals surface area contributed by atoms with Crippen molar-refractivity contribution in [3.05, 3.63) is 71.9 Å². The molecule has 35 heavy (non-hydrogen) atoms. The van der Waals surface area contributed by atoms with Gasteiger partial charge in [0, 0.05) is 31.4 Å². The van der Waals surface area contributed by atoms with Crippen LogP contribution in [-0.2, 0) is 21.8 Å². The number of hydrogen-bond donors (Lipinski definition) is 1. The van der Waals surface area contributed by atoms with E-state index < -0.39 is 10.0 Å². The molecule has 1 aliphatic heterocycles. The average molecular weight is 492 g/mol. The van der Waals surface area contributed by atoms with Gasteiger partial charge in [0.15, 0.2) is 5.65 Å². The van der Waals surface area contributed by atoms with Crippen molar-refractivity contribution in [1.29, 1.82) is 0 Å². The van der Waals surface area contributed by atoms with Gasteiger partial charge in [-0.2, -0.15) is 9.40 Å². The van der Waals surface area contributed by atoms with Crippen LogP contribution in [0.1, 0.15) is 16.1 Å².